The molecule has 0 atom stereocenters. The van der Waals surface area contributed by atoms with Crippen molar-refractivity contribution in [3.05, 3.63) is 165 Å². The molecule has 0 radical (unpaired) electrons. The van der Waals surface area contributed by atoms with Crippen LogP contribution < -0.4 is 9.97 Å². The number of hydrogen-bond acceptors (Lipinski definition) is 6. The maximum absolute atomic E-state index is 16.8. The molecule has 4 aromatic carbocycles. The summed E-state index contributed by atoms with van der Waals surface area (Å²) in [6.45, 7) is 0. The Morgan fingerprint density at radius 2 is 0.507 bits per heavy atom. The van der Waals surface area contributed by atoms with E-state index in [-0.39, 0.29) is 39.3 Å². The first-order chi connectivity index (χ1) is 32.4. The van der Waals surface area contributed by atoms with Gasteiger partial charge in [0.05, 0.1) is 22.3 Å². The van der Waals surface area contributed by atoms with Crippen LogP contribution in [0.5, 0.6) is 0 Å². The number of nitrogens with zero attached hydrogens (tertiary/aromatic N) is 4. The molecule has 9 rings (SSSR count). The van der Waals surface area contributed by atoms with Crippen molar-refractivity contribution in [3.8, 4) is 44.5 Å². The van der Waals surface area contributed by atoms with Gasteiger partial charge in [0.25, 0.3) is 0 Å². The largest absolute Gasteiger partial charge is 3.00 e. The predicted octanol–water partition coefficient (Wildman–Crippen LogP) is 11.1. The van der Waals surface area contributed by atoms with E-state index in [9.17, 15) is 39.6 Å². The van der Waals surface area contributed by atoms with Crippen molar-refractivity contribution in [2.24, 2.45) is 0 Å². The zero-order valence-electron chi connectivity index (χ0n) is 33.8. The van der Waals surface area contributed by atoms with Gasteiger partial charge < -0.3 is 30.4 Å². The van der Waals surface area contributed by atoms with Crippen molar-refractivity contribution < 1.29 is 91.8 Å². The Morgan fingerprint density at radius 1 is 0.333 bits per heavy atom. The number of carboxylic acids is 4. The van der Waals surface area contributed by atoms with Crippen LogP contribution in [0, 0.1) is 23.3 Å². The van der Waals surface area contributed by atoms with Crippen LogP contribution in [0.25, 0.3) is 89.9 Å². The molecule has 3 aromatic heterocycles. The van der Waals surface area contributed by atoms with Gasteiger partial charge in [0.2, 0.25) is 0 Å². The first-order valence-corrected chi connectivity index (χ1v) is 19.3. The summed E-state index contributed by atoms with van der Waals surface area (Å²) in [6.07, 6.45) is 0. The molecule has 12 nitrogen and oxygen atoms in total. The predicted molar refractivity (Wildman–Crippen MR) is 226 cm³/mol. The van der Waals surface area contributed by atoms with Gasteiger partial charge in [-0.1, -0.05) is 70.6 Å². The third kappa shape index (κ3) is 7.68. The van der Waals surface area contributed by atoms with Gasteiger partial charge in [-0.15, -0.1) is 0 Å². The van der Waals surface area contributed by atoms with Crippen molar-refractivity contribution in [1.29, 1.82) is 0 Å². The Morgan fingerprint density at radius 3 is 0.667 bits per heavy atom. The molecule has 4 N–H and O–H groups in total. The van der Waals surface area contributed by atoms with Crippen LogP contribution in [0.1, 0.15) is 64.2 Å². The van der Waals surface area contributed by atoms with Crippen molar-refractivity contribution in [1.82, 2.24) is 19.9 Å². The molecular weight excluding hydrogens is 967 g/mol. The summed E-state index contributed by atoms with van der Waals surface area (Å²) >= 11 is 0. The number of aromatic carboxylic acids is 4. The molecular formula is C48H20F8MnN4O8+. The van der Waals surface area contributed by atoms with Crippen LogP contribution in [-0.4, -0.2) is 54.3 Å². The van der Waals surface area contributed by atoms with E-state index in [1.807, 2.05) is 0 Å². The van der Waals surface area contributed by atoms with E-state index in [1.54, 1.807) is 0 Å². The minimum Gasteiger partial charge on any atom is -0.652 e. The number of rotatable bonds is 8. The third-order valence-corrected chi connectivity index (χ3v) is 10.9. The van der Waals surface area contributed by atoms with Gasteiger partial charge in [0.15, 0.2) is 23.3 Å². The fourth-order valence-electron chi connectivity index (χ4n) is 7.66. The van der Waals surface area contributed by atoms with Crippen LogP contribution in [0.15, 0.2) is 97.1 Å². The average Bonchev–Trinajstić information content (AvgIpc) is 3.98. The summed E-state index contributed by atoms with van der Waals surface area (Å²) in [5.41, 5.74) is -16.4. The summed E-state index contributed by atoms with van der Waals surface area (Å²) < 4.78 is 134. The Labute approximate surface area is 389 Å². The van der Waals surface area contributed by atoms with E-state index in [4.69, 9.17) is 0 Å². The van der Waals surface area contributed by atoms with Crippen LogP contribution in [0.3, 0.4) is 0 Å². The van der Waals surface area contributed by atoms with Crippen LogP contribution in [0.2, 0.25) is 0 Å². The Bertz CT molecular complexity index is 3180. The number of carboxylic acid groups (broad SMARTS) is 4. The van der Waals surface area contributed by atoms with E-state index in [0.717, 1.165) is 97.1 Å². The normalized spacial score (nSPS) is 12.3. The van der Waals surface area contributed by atoms with Crippen LogP contribution in [0.4, 0.5) is 35.1 Å². The molecule has 0 spiro atoms. The minimum absolute atomic E-state index is 0. The number of carbonyl (C=O) groups is 4. The number of aromatic nitrogens is 4. The smallest absolute Gasteiger partial charge is 0.652 e. The zero-order chi connectivity index (χ0) is 48.6. The van der Waals surface area contributed by atoms with Crippen molar-refractivity contribution in [2.45, 2.75) is 0 Å². The molecule has 0 unspecified atom stereocenters. The van der Waals surface area contributed by atoms with Gasteiger partial charge in [-0.3, -0.25) is 0 Å². The van der Waals surface area contributed by atoms with Gasteiger partial charge in [0.1, 0.15) is 46.0 Å². The number of fused-ring (bicyclic) bond motifs is 8. The SMILES string of the molecule is O=C(O)c1ccc(-c2c3nc(c(-c4ccc(C(=O)O)cc4)c4[n-]c(c(F)c4F)c(-c4ccc(C(=O)O)cc4)c4nc(c(-c5ccc(C(=O)O)cc5)c5[n-]c2c(F)c5F)C(F)=C4F)C(F)=C3F)cc1.[Mn+3]. The van der Waals surface area contributed by atoms with Gasteiger partial charge in [-0.25, -0.2) is 64.3 Å². The molecule has 2 aliphatic rings. The Hall–Kier alpha value is -8.68. The molecule has 0 saturated carbocycles. The zero-order valence-corrected chi connectivity index (χ0v) is 35.0. The maximum Gasteiger partial charge on any atom is 3.00 e. The minimum atomic E-state index is -1.95. The number of halogens is 8. The van der Waals surface area contributed by atoms with E-state index in [2.05, 4.69) is 19.9 Å². The van der Waals surface area contributed by atoms with Crippen LogP contribution >= 0.6 is 0 Å². The quantitative estimate of drug-likeness (QED) is 0.0830. The number of hydrogen-bond donors (Lipinski definition) is 4. The maximum atomic E-state index is 16.8. The van der Waals surface area contributed by atoms with Gasteiger partial charge in [-0.05, 0) is 93.0 Å². The Balaban J connectivity index is 0.00000642. The van der Waals surface area contributed by atoms with E-state index >= 15 is 35.1 Å². The summed E-state index contributed by atoms with van der Waals surface area (Å²) in [5, 5.41) is 38.3. The summed E-state index contributed by atoms with van der Waals surface area (Å²) in [6, 6.07) is 15.2. The summed E-state index contributed by atoms with van der Waals surface area (Å²) in [5.74, 6) is -21.5. The van der Waals surface area contributed by atoms with E-state index < -0.39 is 160 Å². The molecule has 69 heavy (non-hydrogen) atoms. The van der Waals surface area contributed by atoms with Crippen molar-refractivity contribution in [2.75, 3.05) is 0 Å². The fraction of sp³-hybridized carbons (Fsp3) is 0. The van der Waals surface area contributed by atoms with Crippen molar-refractivity contribution >= 4 is 69.3 Å². The van der Waals surface area contributed by atoms with Gasteiger partial charge >= 0.3 is 40.9 Å². The summed E-state index contributed by atoms with van der Waals surface area (Å²) in [7, 11) is 0. The Kier molecular flexibility index (Phi) is 11.9. The van der Waals surface area contributed by atoms with E-state index in [0.29, 0.717) is 0 Å². The van der Waals surface area contributed by atoms with Gasteiger partial charge in [-0.2, -0.15) is 0 Å². The van der Waals surface area contributed by atoms with Crippen molar-refractivity contribution in [3.63, 3.8) is 0 Å². The van der Waals surface area contributed by atoms with Gasteiger partial charge in [0, 0.05) is 0 Å². The molecule has 7 aromatic rings. The second kappa shape index (κ2) is 17.5. The average molecular weight is 988 g/mol. The van der Waals surface area contributed by atoms with E-state index in [1.165, 1.54) is 0 Å². The third-order valence-electron chi connectivity index (χ3n) is 10.9. The molecule has 342 valence electrons. The molecule has 5 heterocycles. The monoisotopic (exact) mass is 987 g/mol. The standard InChI is InChI=1S/C48H22F8N4O8.Mn/c49-29-31(51)39-26(18-3-11-22(12-4-18)46(63)64)41-33(53)35(55)43(59-41)28(20-7-15-24(16-8-20)48(67)68)44-36(56)34(54)42(60-44)27(19-5-13-23(14-6-19)47(65)66)40-32(52)30(50)38(58-40)25(37(29)57-39)17-1-9-21(10-2-17)45(61)62;/h1-16H,(H6,57,58,59,60,61,62,63,64,65,66,67,68);/q;+3/p-2. The molecule has 0 fully saturated rings. The molecule has 0 aliphatic carbocycles. The second-order valence-corrected chi connectivity index (χ2v) is 14.8. The molecule has 0 amide bonds. The first kappa shape index (κ1) is 46.8. The molecule has 2 aliphatic heterocycles. The van der Waals surface area contributed by atoms with Crippen LogP contribution in [-0.2, 0) is 17.1 Å². The topological polar surface area (TPSA) is 203 Å². The number of benzene rings is 4. The fourth-order valence-corrected chi connectivity index (χ4v) is 7.66. The first-order valence-electron chi connectivity index (χ1n) is 19.3. The second-order valence-electron chi connectivity index (χ2n) is 14.8. The molecule has 21 heteroatoms. The summed E-state index contributed by atoms with van der Waals surface area (Å²) in [4.78, 5) is 63.4. The molecule has 0 saturated heterocycles. The molecule has 8 bridgehead atoms.